The third-order valence-corrected chi connectivity index (χ3v) is 4.56. The zero-order chi connectivity index (χ0) is 15.0. The molecule has 0 radical (unpaired) electrons. The highest BCUT2D eigenvalue weighted by Gasteiger charge is 2.37. The molecule has 21 heavy (non-hydrogen) atoms. The van der Waals surface area contributed by atoms with E-state index in [2.05, 4.69) is 12.1 Å². The van der Waals surface area contributed by atoms with Crippen LogP contribution < -0.4 is 5.73 Å². The average Bonchev–Trinajstić information content (AvgIpc) is 2.50. The van der Waals surface area contributed by atoms with E-state index >= 15 is 0 Å². The minimum atomic E-state index is -1.17. The van der Waals surface area contributed by atoms with Crippen LogP contribution in [0, 0.1) is 0 Å². The first-order valence-electron chi connectivity index (χ1n) is 7.47. The van der Waals surface area contributed by atoms with Gasteiger partial charge in [-0.15, -0.1) is 0 Å². The molecule has 0 unspecified atom stereocenters. The van der Waals surface area contributed by atoms with Gasteiger partial charge in [0.05, 0.1) is 12.6 Å². The van der Waals surface area contributed by atoms with Gasteiger partial charge >= 0.3 is 0 Å². The lowest BCUT2D eigenvalue weighted by atomic mass is 9.92. The number of amides is 1. The molecule has 1 aromatic carbocycles. The lowest BCUT2D eigenvalue weighted by molar-refractivity contribution is -0.152. The molecule has 0 aromatic heterocycles. The number of fused-ring (bicyclic) bond motifs is 1. The molecule has 0 spiro atoms. The molecule has 2 heterocycles. The molecule has 0 bridgehead atoms. The van der Waals surface area contributed by atoms with Crippen LogP contribution in [0.1, 0.15) is 30.5 Å². The predicted molar refractivity (Wildman–Crippen MR) is 77.5 cm³/mol. The number of carbonyl (C=O) groups excluding carboxylic acids is 1. The summed E-state index contributed by atoms with van der Waals surface area (Å²) in [6, 6.07) is 7.58. The van der Waals surface area contributed by atoms with E-state index in [4.69, 9.17) is 10.5 Å². The molecule has 4 nitrogen and oxygen atoms in total. The summed E-state index contributed by atoms with van der Waals surface area (Å²) in [7, 11) is 0. The van der Waals surface area contributed by atoms with E-state index in [1.165, 1.54) is 11.1 Å². The molecule has 5 heteroatoms. The maximum atomic E-state index is 13.4. The number of nitrogens with two attached hydrogens (primary N) is 1. The Morgan fingerprint density at radius 1 is 1.43 bits per heavy atom. The maximum absolute atomic E-state index is 13.4. The van der Waals surface area contributed by atoms with Crippen molar-refractivity contribution in [1.29, 1.82) is 0 Å². The summed E-state index contributed by atoms with van der Waals surface area (Å²) in [4.78, 5) is 14.5. The van der Waals surface area contributed by atoms with Gasteiger partial charge in [-0.25, -0.2) is 4.39 Å². The number of carbonyl (C=O) groups is 1. The fraction of sp³-hybridized carbons (Fsp3) is 0.562. The van der Waals surface area contributed by atoms with Crippen LogP contribution >= 0.6 is 0 Å². The van der Waals surface area contributed by atoms with Crippen LogP contribution in [0.5, 0.6) is 0 Å². The van der Waals surface area contributed by atoms with Crippen molar-refractivity contribution in [2.24, 2.45) is 5.73 Å². The van der Waals surface area contributed by atoms with E-state index in [1.54, 1.807) is 0 Å². The molecule has 0 aliphatic carbocycles. The Labute approximate surface area is 124 Å². The molecule has 4 atom stereocenters. The molecule has 2 aliphatic rings. The van der Waals surface area contributed by atoms with Gasteiger partial charge in [0.1, 0.15) is 12.3 Å². The van der Waals surface area contributed by atoms with Gasteiger partial charge in [-0.1, -0.05) is 24.3 Å². The van der Waals surface area contributed by atoms with Gasteiger partial charge in [0.2, 0.25) is 0 Å². The Balaban J connectivity index is 1.74. The number of rotatable bonds is 1. The highest BCUT2D eigenvalue weighted by Crippen LogP contribution is 2.30. The fourth-order valence-corrected chi connectivity index (χ4v) is 3.22. The van der Waals surface area contributed by atoms with Gasteiger partial charge < -0.3 is 15.4 Å². The molecule has 2 aliphatic heterocycles. The lowest BCUT2D eigenvalue weighted by Crippen LogP contribution is -2.52. The monoisotopic (exact) mass is 292 g/mol. The van der Waals surface area contributed by atoms with Gasteiger partial charge in [0, 0.05) is 19.0 Å². The molecule has 1 fully saturated rings. The molecule has 0 saturated carbocycles. The summed E-state index contributed by atoms with van der Waals surface area (Å²) in [6.07, 6.45) is -0.685. The first-order valence-corrected chi connectivity index (χ1v) is 7.47. The first-order chi connectivity index (χ1) is 10.1. The Kier molecular flexibility index (Phi) is 3.95. The third kappa shape index (κ3) is 2.68. The van der Waals surface area contributed by atoms with E-state index in [9.17, 15) is 9.18 Å². The van der Waals surface area contributed by atoms with E-state index in [0.29, 0.717) is 6.54 Å². The van der Waals surface area contributed by atoms with Crippen LogP contribution in [-0.4, -0.2) is 42.3 Å². The zero-order valence-electron chi connectivity index (χ0n) is 12.2. The molecular weight excluding hydrogens is 271 g/mol. The van der Waals surface area contributed by atoms with Crippen molar-refractivity contribution in [3.8, 4) is 0 Å². The predicted octanol–water partition coefficient (Wildman–Crippen LogP) is 1.59. The van der Waals surface area contributed by atoms with Gasteiger partial charge in [-0.3, -0.25) is 4.79 Å². The van der Waals surface area contributed by atoms with Crippen molar-refractivity contribution >= 4 is 5.91 Å². The molecule has 1 aromatic rings. The standard InChI is InChI=1S/C16H21FN2O2/c1-10-12-5-3-2-4-11(12)6-7-19(10)16(20)15-8-14(18)13(17)9-21-15/h2-5,10,13-15H,6-9,18H2,1H3/t10-,13+,14+,15+/m0/s1. The molecule has 2 N–H and O–H groups in total. The SMILES string of the molecule is C[C@H]1c2ccccc2CCN1C(=O)[C@H]1C[C@@H](N)[C@H](F)CO1. The third-order valence-electron chi connectivity index (χ3n) is 4.56. The summed E-state index contributed by atoms with van der Waals surface area (Å²) in [6.45, 7) is 2.61. The van der Waals surface area contributed by atoms with Crippen LogP contribution in [0.25, 0.3) is 0 Å². The number of hydrogen-bond acceptors (Lipinski definition) is 3. The van der Waals surface area contributed by atoms with E-state index in [0.717, 1.165) is 6.42 Å². The highest BCUT2D eigenvalue weighted by atomic mass is 19.1. The van der Waals surface area contributed by atoms with Crippen molar-refractivity contribution < 1.29 is 13.9 Å². The second kappa shape index (κ2) is 5.73. The minimum Gasteiger partial charge on any atom is -0.365 e. The first kappa shape index (κ1) is 14.5. The fourth-order valence-electron chi connectivity index (χ4n) is 3.22. The number of nitrogens with zero attached hydrogens (tertiary/aromatic N) is 1. The van der Waals surface area contributed by atoms with Crippen LogP contribution in [0.3, 0.4) is 0 Å². The Morgan fingerprint density at radius 2 is 2.19 bits per heavy atom. The largest absolute Gasteiger partial charge is 0.365 e. The lowest BCUT2D eigenvalue weighted by Gasteiger charge is -2.39. The summed E-state index contributed by atoms with van der Waals surface area (Å²) < 4.78 is 18.7. The van der Waals surface area contributed by atoms with Crippen molar-refractivity contribution in [2.45, 2.75) is 44.1 Å². The second-order valence-electron chi connectivity index (χ2n) is 5.89. The summed E-state index contributed by atoms with van der Waals surface area (Å²) in [5, 5.41) is 0. The van der Waals surface area contributed by atoms with E-state index in [-0.39, 0.29) is 25.0 Å². The number of ether oxygens (including phenoxy) is 1. The van der Waals surface area contributed by atoms with Crippen molar-refractivity contribution in [3.63, 3.8) is 0 Å². The van der Waals surface area contributed by atoms with Gasteiger partial charge in [0.25, 0.3) is 5.91 Å². The minimum absolute atomic E-state index is 0.0189. The van der Waals surface area contributed by atoms with E-state index < -0.39 is 18.3 Å². The Morgan fingerprint density at radius 3 is 2.95 bits per heavy atom. The average molecular weight is 292 g/mol. The number of halogens is 1. The summed E-state index contributed by atoms with van der Waals surface area (Å²) in [5.41, 5.74) is 8.19. The topological polar surface area (TPSA) is 55.6 Å². The number of alkyl halides is 1. The molecule has 1 saturated heterocycles. The second-order valence-corrected chi connectivity index (χ2v) is 5.89. The normalized spacial score (nSPS) is 32.6. The van der Waals surface area contributed by atoms with E-state index in [1.807, 2.05) is 24.0 Å². The van der Waals surface area contributed by atoms with Crippen LogP contribution in [0.15, 0.2) is 24.3 Å². The molecular formula is C16H21FN2O2. The zero-order valence-corrected chi connectivity index (χ0v) is 12.2. The molecule has 1 amide bonds. The van der Waals surface area contributed by atoms with Crippen molar-refractivity contribution in [2.75, 3.05) is 13.2 Å². The van der Waals surface area contributed by atoms with Crippen LogP contribution in [0.2, 0.25) is 0 Å². The van der Waals surface area contributed by atoms with Gasteiger partial charge in [0.15, 0.2) is 0 Å². The quantitative estimate of drug-likeness (QED) is 0.855. The van der Waals surface area contributed by atoms with Crippen LogP contribution in [0.4, 0.5) is 4.39 Å². The maximum Gasteiger partial charge on any atom is 0.252 e. The van der Waals surface area contributed by atoms with Gasteiger partial charge in [-0.2, -0.15) is 0 Å². The number of benzene rings is 1. The Hall–Kier alpha value is -1.46. The van der Waals surface area contributed by atoms with Gasteiger partial charge in [-0.05, 0) is 24.5 Å². The Bertz CT molecular complexity index is 537. The molecule has 114 valence electrons. The van der Waals surface area contributed by atoms with Crippen molar-refractivity contribution in [1.82, 2.24) is 4.90 Å². The summed E-state index contributed by atoms with van der Waals surface area (Å²) >= 11 is 0. The number of hydrogen-bond donors (Lipinski definition) is 1. The van der Waals surface area contributed by atoms with Crippen LogP contribution in [-0.2, 0) is 16.0 Å². The van der Waals surface area contributed by atoms with Crippen molar-refractivity contribution in [3.05, 3.63) is 35.4 Å². The molecule has 3 rings (SSSR count). The highest BCUT2D eigenvalue weighted by molar-refractivity contribution is 5.82. The summed E-state index contributed by atoms with van der Waals surface area (Å²) in [5.74, 6) is -0.0700. The smallest absolute Gasteiger partial charge is 0.252 e.